The summed E-state index contributed by atoms with van der Waals surface area (Å²) in [5, 5.41) is 1.51. The van der Waals surface area contributed by atoms with Crippen LogP contribution in [0.2, 0.25) is 5.15 Å². The number of benzene rings is 1. The number of pyridine rings is 1. The van der Waals surface area contributed by atoms with Crippen molar-refractivity contribution in [3.8, 4) is 10.6 Å². The van der Waals surface area contributed by atoms with Crippen LogP contribution in [0.5, 0.6) is 0 Å². The summed E-state index contributed by atoms with van der Waals surface area (Å²) in [5.41, 5.74) is 3.27. The van der Waals surface area contributed by atoms with Gasteiger partial charge in [0, 0.05) is 11.8 Å². The van der Waals surface area contributed by atoms with Crippen LogP contribution in [0.1, 0.15) is 5.56 Å². The van der Waals surface area contributed by atoms with Gasteiger partial charge in [0.15, 0.2) is 0 Å². The number of hydrogen-bond acceptors (Lipinski definition) is 3. The third-order valence-corrected chi connectivity index (χ3v) is 4.09. The van der Waals surface area contributed by atoms with Crippen LogP contribution in [-0.4, -0.2) is 9.97 Å². The maximum atomic E-state index is 6.04. The van der Waals surface area contributed by atoms with Gasteiger partial charge < -0.3 is 0 Å². The Labute approximate surface area is 108 Å². The number of thiazole rings is 1. The Bertz CT molecular complexity index is 673. The summed E-state index contributed by atoms with van der Waals surface area (Å²) in [6.45, 7) is 2.07. The topological polar surface area (TPSA) is 25.8 Å². The number of nitrogens with zero attached hydrogens (tertiary/aromatic N) is 2. The second-order valence-corrected chi connectivity index (χ2v) is 5.19. The van der Waals surface area contributed by atoms with Crippen molar-refractivity contribution in [1.82, 2.24) is 9.97 Å². The van der Waals surface area contributed by atoms with Gasteiger partial charge in [-0.25, -0.2) is 9.97 Å². The molecule has 0 aliphatic heterocycles. The molecule has 0 spiro atoms. The maximum absolute atomic E-state index is 6.04. The minimum atomic E-state index is 0.526. The first-order valence-corrected chi connectivity index (χ1v) is 6.41. The van der Waals surface area contributed by atoms with Crippen LogP contribution < -0.4 is 0 Å². The van der Waals surface area contributed by atoms with Crippen LogP contribution in [0.25, 0.3) is 20.8 Å². The number of hydrogen-bond donors (Lipinski definition) is 0. The smallest absolute Gasteiger partial charge is 0.148 e. The highest BCUT2D eigenvalue weighted by atomic mass is 35.5. The lowest BCUT2D eigenvalue weighted by Gasteiger charge is -1.95. The first-order valence-electron chi connectivity index (χ1n) is 5.22. The van der Waals surface area contributed by atoms with Gasteiger partial charge in [-0.2, -0.15) is 0 Å². The standard InChI is InChI=1S/C13H9ClN2S/c1-8-2-4-9(5-3-8)13-16-10-6-7-15-12(14)11(10)17-13/h2-7H,1H3. The monoisotopic (exact) mass is 260 g/mol. The van der Waals surface area contributed by atoms with Gasteiger partial charge in [0.25, 0.3) is 0 Å². The molecule has 0 unspecified atom stereocenters. The van der Waals surface area contributed by atoms with Crippen molar-refractivity contribution < 1.29 is 0 Å². The molecule has 84 valence electrons. The Morgan fingerprint density at radius 1 is 1.12 bits per heavy atom. The molecule has 0 N–H and O–H groups in total. The average molecular weight is 261 g/mol. The van der Waals surface area contributed by atoms with E-state index in [4.69, 9.17) is 11.6 Å². The number of aromatic nitrogens is 2. The van der Waals surface area contributed by atoms with E-state index < -0.39 is 0 Å². The Morgan fingerprint density at radius 2 is 1.88 bits per heavy atom. The molecule has 1 aromatic carbocycles. The molecule has 3 rings (SSSR count). The molecule has 2 nitrogen and oxygen atoms in total. The van der Waals surface area contributed by atoms with Crippen molar-refractivity contribution >= 4 is 33.2 Å². The summed E-state index contributed by atoms with van der Waals surface area (Å²) in [6.07, 6.45) is 1.68. The lowest BCUT2D eigenvalue weighted by atomic mass is 10.2. The first-order chi connectivity index (χ1) is 8.24. The van der Waals surface area contributed by atoms with Crippen LogP contribution in [0, 0.1) is 6.92 Å². The van der Waals surface area contributed by atoms with Crippen LogP contribution >= 0.6 is 22.9 Å². The van der Waals surface area contributed by atoms with Gasteiger partial charge in [0.1, 0.15) is 10.2 Å². The quantitative estimate of drug-likeness (QED) is 0.609. The Kier molecular flexibility index (Phi) is 2.57. The van der Waals surface area contributed by atoms with Crippen LogP contribution in [0.15, 0.2) is 36.5 Å². The second-order valence-electron chi connectivity index (χ2n) is 3.84. The number of halogens is 1. The van der Waals surface area contributed by atoms with E-state index in [9.17, 15) is 0 Å². The van der Waals surface area contributed by atoms with Crippen LogP contribution in [0.3, 0.4) is 0 Å². The SMILES string of the molecule is Cc1ccc(-c2nc3ccnc(Cl)c3s2)cc1. The molecule has 17 heavy (non-hydrogen) atoms. The molecule has 2 heterocycles. The highest BCUT2D eigenvalue weighted by Gasteiger charge is 2.08. The highest BCUT2D eigenvalue weighted by Crippen LogP contribution is 2.33. The zero-order valence-electron chi connectivity index (χ0n) is 9.14. The van der Waals surface area contributed by atoms with Crippen LogP contribution in [-0.2, 0) is 0 Å². The summed E-state index contributed by atoms with van der Waals surface area (Å²) in [5.74, 6) is 0. The molecule has 0 atom stereocenters. The number of aryl methyl sites for hydroxylation is 1. The summed E-state index contributed by atoms with van der Waals surface area (Å²) in [6, 6.07) is 10.2. The fourth-order valence-electron chi connectivity index (χ4n) is 1.64. The largest absolute Gasteiger partial charge is 0.243 e. The van der Waals surface area contributed by atoms with E-state index in [1.165, 1.54) is 5.56 Å². The van der Waals surface area contributed by atoms with Crippen LogP contribution in [0.4, 0.5) is 0 Å². The molecule has 0 aliphatic rings. The van der Waals surface area contributed by atoms with E-state index in [2.05, 4.69) is 41.2 Å². The van der Waals surface area contributed by atoms with E-state index in [1.807, 2.05) is 6.07 Å². The summed E-state index contributed by atoms with van der Waals surface area (Å²) in [7, 11) is 0. The molecule has 0 aliphatic carbocycles. The predicted molar refractivity (Wildman–Crippen MR) is 72.6 cm³/mol. The molecule has 0 saturated carbocycles. The van der Waals surface area contributed by atoms with Gasteiger partial charge in [-0.15, -0.1) is 11.3 Å². The Morgan fingerprint density at radius 3 is 2.59 bits per heavy atom. The van der Waals surface area contributed by atoms with Crippen molar-refractivity contribution in [1.29, 1.82) is 0 Å². The molecule has 0 bridgehead atoms. The van der Waals surface area contributed by atoms with Crippen molar-refractivity contribution in [2.24, 2.45) is 0 Å². The second kappa shape index (κ2) is 4.09. The third kappa shape index (κ3) is 1.92. The lowest BCUT2D eigenvalue weighted by molar-refractivity contribution is 1.35. The van der Waals surface area contributed by atoms with Gasteiger partial charge in [-0.1, -0.05) is 41.4 Å². The molecular formula is C13H9ClN2S. The maximum Gasteiger partial charge on any atom is 0.148 e. The van der Waals surface area contributed by atoms with Gasteiger partial charge in [0.05, 0.1) is 10.2 Å². The Hall–Kier alpha value is -1.45. The highest BCUT2D eigenvalue weighted by molar-refractivity contribution is 7.22. The van der Waals surface area contributed by atoms with Gasteiger partial charge >= 0.3 is 0 Å². The third-order valence-electron chi connectivity index (χ3n) is 2.56. The molecule has 2 aromatic heterocycles. The zero-order valence-corrected chi connectivity index (χ0v) is 10.7. The minimum absolute atomic E-state index is 0.526. The zero-order chi connectivity index (χ0) is 11.8. The Balaban J connectivity index is 2.18. The molecule has 3 aromatic rings. The molecule has 4 heteroatoms. The molecular weight excluding hydrogens is 252 g/mol. The fourth-order valence-corrected chi connectivity index (χ4v) is 2.86. The van der Waals surface area contributed by atoms with E-state index in [0.717, 1.165) is 20.8 Å². The van der Waals surface area contributed by atoms with Crippen molar-refractivity contribution in [3.05, 3.63) is 47.2 Å². The van der Waals surface area contributed by atoms with Crippen molar-refractivity contribution in [2.45, 2.75) is 6.92 Å². The molecule has 0 radical (unpaired) electrons. The normalized spacial score (nSPS) is 10.9. The number of fused-ring (bicyclic) bond motifs is 1. The average Bonchev–Trinajstić information content (AvgIpc) is 2.75. The number of rotatable bonds is 1. The first kappa shape index (κ1) is 10.7. The molecule has 0 amide bonds. The van der Waals surface area contributed by atoms with E-state index >= 15 is 0 Å². The van der Waals surface area contributed by atoms with Gasteiger partial charge in [-0.05, 0) is 13.0 Å². The summed E-state index contributed by atoms with van der Waals surface area (Å²) in [4.78, 5) is 8.63. The predicted octanol–water partition coefficient (Wildman–Crippen LogP) is 4.32. The van der Waals surface area contributed by atoms with Gasteiger partial charge in [-0.3, -0.25) is 0 Å². The van der Waals surface area contributed by atoms with Crippen molar-refractivity contribution in [3.63, 3.8) is 0 Å². The van der Waals surface area contributed by atoms with E-state index in [-0.39, 0.29) is 0 Å². The fraction of sp³-hybridized carbons (Fsp3) is 0.0769. The summed E-state index contributed by atoms with van der Waals surface area (Å²) >= 11 is 7.62. The van der Waals surface area contributed by atoms with Gasteiger partial charge in [0.2, 0.25) is 0 Å². The van der Waals surface area contributed by atoms with E-state index in [1.54, 1.807) is 17.5 Å². The lowest BCUT2D eigenvalue weighted by Crippen LogP contribution is -1.76. The molecule has 0 fully saturated rings. The van der Waals surface area contributed by atoms with Crippen molar-refractivity contribution in [2.75, 3.05) is 0 Å². The van der Waals surface area contributed by atoms with E-state index in [0.29, 0.717) is 5.15 Å². The summed E-state index contributed by atoms with van der Waals surface area (Å²) < 4.78 is 0.949. The minimum Gasteiger partial charge on any atom is -0.243 e. The molecule has 0 saturated heterocycles.